The van der Waals surface area contributed by atoms with Gasteiger partial charge in [0.1, 0.15) is 6.54 Å². The number of nitrogens with one attached hydrogen (secondary N) is 1. The van der Waals surface area contributed by atoms with Gasteiger partial charge >= 0.3 is 5.97 Å². The molecule has 2 amide bonds. The van der Waals surface area contributed by atoms with Crippen molar-refractivity contribution in [2.24, 2.45) is 0 Å². The van der Waals surface area contributed by atoms with Gasteiger partial charge in [0, 0.05) is 23.2 Å². The van der Waals surface area contributed by atoms with Crippen molar-refractivity contribution in [3.8, 4) is 0 Å². The first kappa shape index (κ1) is 20.1. The zero-order chi connectivity index (χ0) is 19.1. The van der Waals surface area contributed by atoms with Gasteiger partial charge in [-0.3, -0.25) is 24.5 Å². The molecule has 2 N–H and O–H groups in total. The molecule has 1 aromatic rings. The summed E-state index contributed by atoms with van der Waals surface area (Å²) in [4.78, 5) is 46.6. The van der Waals surface area contributed by atoms with E-state index < -0.39 is 29.3 Å². The molecule has 0 aromatic heterocycles. The first-order valence-corrected chi connectivity index (χ1v) is 7.71. The summed E-state index contributed by atoms with van der Waals surface area (Å²) in [5.74, 6) is -2.21. The van der Waals surface area contributed by atoms with Crippen molar-refractivity contribution < 1.29 is 24.4 Å². The minimum Gasteiger partial charge on any atom is -0.480 e. The molecule has 1 aromatic carbocycles. The van der Waals surface area contributed by atoms with E-state index in [1.165, 1.54) is 30.0 Å². The number of nitrogens with zero attached hydrogens (tertiary/aromatic N) is 2. The van der Waals surface area contributed by atoms with Crippen LogP contribution in [0.3, 0.4) is 0 Å². The van der Waals surface area contributed by atoms with Crippen molar-refractivity contribution in [3.63, 3.8) is 0 Å². The first-order valence-electron chi connectivity index (χ1n) is 7.71. The van der Waals surface area contributed by atoms with Gasteiger partial charge in [-0.1, -0.05) is 6.92 Å². The maximum atomic E-state index is 12.2. The standard InChI is InChI=1S/C16H21N3O6/c1-4-11(3)18(9-15(21)22)14(20)8-17-16(23)12-5-6-13(19(24)25)10(2)7-12/h5-7,11H,4,8-9H2,1-3H3,(H,17,23)(H,21,22). The molecule has 1 rings (SSSR count). The quantitative estimate of drug-likeness (QED) is 0.537. The van der Waals surface area contributed by atoms with Crippen LogP contribution in [0.5, 0.6) is 0 Å². The molecule has 25 heavy (non-hydrogen) atoms. The van der Waals surface area contributed by atoms with Gasteiger partial charge in [-0.15, -0.1) is 0 Å². The number of nitro benzene ring substituents is 1. The van der Waals surface area contributed by atoms with Crippen LogP contribution in [0.15, 0.2) is 18.2 Å². The molecule has 0 radical (unpaired) electrons. The van der Waals surface area contributed by atoms with Crippen LogP contribution in [-0.4, -0.2) is 51.8 Å². The fraction of sp³-hybridized carbons (Fsp3) is 0.438. The van der Waals surface area contributed by atoms with Crippen molar-refractivity contribution in [1.29, 1.82) is 0 Å². The fourth-order valence-electron chi connectivity index (χ4n) is 2.22. The maximum absolute atomic E-state index is 12.2. The van der Waals surface area contributed by atoms with E-state index in [0.29, 0.717) is 12.0 Å². The number of hydrogen-bond acceptors (Lipinski definition) is 5. The second-order valence-corrected chi connectivity index (χ2v) is 5.61. The third kappa shape index (κ3) is 5.55. The molecule has 136 valence electrons. The summed E-state index contributed by atoms with van der Waals surface area (Å²) in [6.45, 7) is 4.26. The van der Waals surface area contributed by atoms with Gasteiger partial charge < -0.3 is 15.3 Å². The third-order valence-corrected chi connectivity index (χ3v) is 3.80. The summed E-state index contributed by atoms with van der Waals surface area (Å²) >= 11 is 0. The Morgan fingerprint density at radius 1 is 1.36 bits per heavy atom. The lowest BCUT2D eigenvalue weighted by atomic mass is 10.1. The zero-order valence-electron chi connectivity index (χ0n) is 14.3. The molecule has 0 aliphatic heterocycles. The zero-order valence-corrected chi connectivity index (χ0v) is 14.3. The molecular formula is C16H21N3O6. The number of carboxylic acids is 1. The summed E-state index contributed by atoms with van der Waals surface area (Å²) in [6, 6.07) is 3.61. The highest BCUT2D eigenvalue weighted by atomic mass is 16.6. The number of nitro groups is 1. The Balaban J connectivity index is 2.77. The molecule has 0 saturated heterocycles. The van der Waals surface area contributed by atoms with Gasteiger partial charge in [0.25, 0.3) is 11.6 Å². The Morgan fingerprint density at radius 2 is 2.00 bits per heavy atom. The number of benzene rings is 1. The highest BCUT2D eigenvalue weighted by Gasteiger charge is 2.22. The predicted molar refractivity (Wildman–Crippen MR) is 89.3 cm³/mol. The SMILES string of the molecule is CCC(C)N(CC(=O)O)C(=O)CNC(=O)c1ccc([N+](=O)[O-])c(C)c1. The molecule has 0 fully saturated rings. The van der Waals surface area contributed by atoms with E-state index in [1.807, 2.05) is 6.92 Å². The maximum Gasteiger partial charge on any atom is 0.323 e. The van der Waals surface area contributed by atoms with Crippen LogP contribution in [0.4, 0.5) is 5.69 Å². The smallest absolute Gasteiger partial charge is 0.323 e. The van der Waals surface area contributed by atoms with Gasteiger partial charge in [0.2, 0.25) is 5.91 Å². The molecular weight excluding hydrogens is 330 g/mol. The second-order valence-electron chi connectivity index (χ2n) is 5.61. The molecule has 9 nitrogen and oxygen atoms in total. The second kappa shape index (κ2) is 8.76. The normalized spacial score (nSPS) is 11.5. The number of aliphatic carboxylic acids is 1. The molecule has 0 saturated carbocycles. The summed E-state index contributed by atoms with van der Waals surface area (Å²) in [5, 5.41) is 22.1. The van der Waals surface area contributed by atoms with E-state index in [9.17, 15) is 24.5 Å². The number of carboxylic acid groups (broad SMARTS) is 1. The van der Waals surface area contributed by atoms with Crippen LogP contribution >= 0.6 is 0 Å². The summed E-state index contributed by atoms with van der Waals surface area (Å²) in [5.41, 5.74) is 0.414. The summed E-state index contributed by atoms with van der Waals surface area (Å²) < 4.78 is 0. The average molecular weight is 351 g/mol. The van der Waals surface area contributed by atoms with E-state index in [-0.39, 0.29) is 23.8 Å². The fourth-order valence-corrected chi connectivity index (χ4v) is 2.22. The van der Waals surface area contributed by atoms with Gasteiger partial charge in [-0.2, -0.15) is 0 Å². The van der Waals surface area contributed by atoms with E-state index in [2.05, 4.69) is 5.32 Å². The number of rotatable bonds is 8. The molecule has 0 aliphatic rings. The lowest BCUT2D eigenvalue weighted by Crippen LogP contribution is -2.46. The molecule has 0 bridgehead atoms. The minimum absolute atomic E-state index is 0.1000. The van der Waals surface area contributed by atoms with Gasteiger partial charge in [0.15, 0.2) is 0 Å². The predicted octanol–water partition coefficient (Wildman–Crippen LogP) is 1.34. The number of aryl methyl sites for hydroxylation is 1. The van der Waals surface area contributed by atoms with Crippen molar-refractivity contribution in [2.75, 3.05) is 13.1 Å². The van der Waals surface area contributed by atoms with E-state index >= 15 is 0 Å². The number of amides is 2. The van der Waals surface area contributed by atoms with Crippen LogP contribution in [0, 0.1) is 17.0 Å². The van der Waals surface area contributed by atoms with Crippen LogP contribution in [-0.2, 0) is 9.59 Å². The summed E-state index contributed by atoms with van der Waals surface area (Å²) in [7, 11) is 0. The van der Waals surface area contributed by atoms with E-state index in [4.69, 9.17) is 5.11 Å². The molecule has 1 unspecified atom stereocenters. The largest absolute Gasteiger partial charge is 0.480 e. The number of carbonyl (C=O) groups is 3. The van der Waals surface area contributed by atoms with Crippen molar-refractivity contribution in [1.82, 2.24) is 10.2 Å². The molecule has 0 heterocycles. The van der Waals surface area contributed by atoms with Crippen molar-refractivity contribution >= 4 is 23.5 Å². The molecule has 0 aliphatic carbocycles. The topological polar surface area (TPSA) is 130 Å². The Labute approximate surface area is 144 Å². The van der Waals surface area contributed by atoms with Gasteiger partial charge in [-0.05, 0) is 32.4 Å². The van der Waals surface area contributed by atoms with E-state index in [0.717, 1.165) is 0 Å². The Hall–Kier alpha value is -2.97. The average Bonchev–Trinajstić information content (AvgIpc) is 2.55. The highest BCUT2D eigenvalue weighted by Crippen LogP contribution is 2.18. The molecule has 1 atom stereocenters. The monoisotopic (exact) mass is 351 g/mol. The highest BCUT2D eigenvalue weighted by molar-refractivity contribution is 5.97. The third-order valence-electron chi connectivity index (χ3n) is 3.80. The molecule has 9 heteroatoms. The minimum atomic E-state index is -1.13. The van der Waals surface area contributed by atoms with Crippen LogP contribution in [0.1, 0.15) is 36.2 Å². The Kier molecular flexibility index (Phi) is 7.04. The van der Waals surface area contributed by atoms with Crippen molar-refractivity contribution in [2.45, 2.75) is 33.2 Å². The lowest BCUT2D eigenvalue weighted by Gasteiger charge is -2.27. The first-order chi connectivity index (χ1) is 11.7. The number of hydrogen-bond donors (Lipinski definition) is 2. The lowest BCUT2D eigenvalue weighted by molar-refractivity contribution is -0.385. The number of carbonyl (C=O) groups excluding carboxylic acids is 2. The Bertz CT molecular complexity index is 688. The van der Waals surface area contributed by atoms with Crippen molar-refractivity contribution in [3.05, 3.63) is 39.4 Å². The van der Waals surface area contributed by atoms with Gasteiger partial charge in [0.05, 0.1) is 11.5 Å². The van der Waals surface area contributed by atoms with E-state index in [1.54, 1.807) is 6.92 Å². The summed E-state index contributed by atoms with van der Waals surface area (Å²) in [6.07, 6.45) is 0.578. The van der Waals surface area contributed by atoms with Crippen LogP contribution in [0.25, 0.3) is 0 Å². The van der Waals surface area contributed by atoms with Gasteiger partial charge in [-0.25, -0.2) is 0 Å². The molecule has 0 spiro atoms. The Morgan fingerprint density at radius 3 is 2.48 bits per heavy atom. The van der Waals surface area contributed by atoms with Crippen LogP contribution < -0.4 is 5.32 Å². The van der Waals surface area contributed by atoms with Crippen LogP contribution in [0.2, 0.25) is 0 Å².